The van der Waals surface area contributed by atoms with Crippen LogP contribution < -0.4 is 22.7 Å². The number of amides is 7. The molecule has 618 valence electrons. The predicted octanol–water partition coefficient (Wildman–Crippen LogP) is 12.6. The maximum absolute atomic E-state index is 12.1. The normalized spacial score (nSPS) is 16.5. The molecule has 38 heteroatoms. The Bertz CT molecular complexity index is 4950. The summed E-state index contributed by atoms with van der Waals surface area (Å²) in [6.45, 7) is 41.9. The summed E-state index contributed by atoms with van der Waals surface area (Å²) in [7, 11) is -11.9. The van der Waals surface area contributed by atoms with Gasteiger partial charge in [-0.25, -0.2) is 19.2 Å². The van der Waals surface area contributed by atoms with Crippen molar-refractivity contribution in [3.05, 3.63) is 137 Å². The van der Waals surface area contributed by atoms with Gasteiger partial charge in [-0.15, -0.1) is 0 Å². The number of primary amides is 3. The first-order valence-electron chi connectivity index (χ1n) is 35.3. The van der Waals surface area contributed by atoms with Crippen LogP contribution in [0.25, 0.3) is 43.9 Å². The average Bonchev–Trinajstić information content (AvgIpc) is 1.62. The quantitative estimate of drug-likeness (QED) is 0.0165. The van der Waals surface area contributed by atoms with Gasteiger partial charge in [-0.1, -0.05) is 31.4 Å². The number of fused-ring (bicyclic) bond motifs is 3. The zero-order chi connectivity index (χ0) is 85.4. The van der Waals surface area contributed by atoms with Gasteiger partial charge in [0.05, 0.1) is 63.4 Å². The van der Waals surface area contributed by atoms with Gasteiger partial charge in [0.2, 0.25) is 0 Å². The molecule has 7 amide bonds. The van der Waals surface area contributed by atoms with E-state index in [1.807, 2.05) is 113 Å². The highest BCUT2D eigenvalue weighted by molar-refractivity contribution is 7.88. The Kier molecular flexibility index (Phi) is 26.4. The number of likely N-dealkylation sites (tertiary alicyclic amines) is 4. The monoisotopic (exact) mass is 1630 g/mol. The molecule has 29 nitrogen and oxygen atoms in total. The van der Waals surface area contributed by atoms with Crippen LogP contribution in [0, 0.1) is 11.8 Å². The number of halogens is 6. The third kappa shape index (κ3) is 22.2. The Hall–Kier alpha value is -10.2. The number of nitrogens with two attached hydrogens (primary N) is 3. The molecule has 0 aliphatic carbocycles. The molecule has 0 radical (unpaired) electrons. The van der Waals surface area contributed by atoms with Gasteiger partial charge in [-0.3, -0.25) is 19.3 Å². The standard InChI is InChI=1S/2C19H23N3O3.C15H19BN2O3.2C11H16F3NO5S/c2*1-11(12-9-22(10-12)18(24)25-19(2,3)4)13-5-6-15(17(20)23)16-14(13)7-8-21-16;1-14(2)15(3,4)21-16(20-14)11-6-5-10(13(17)19)12-9(11)7-8-18-12;2*1-7(20-21(17,18)11(12,13)14)8-5-15(6-8)9(16)19-10(2,3)4/h5-8,21H,9-10H2,1-4H3,(H2,20,23);5-8,12,21H,1,9-10H2,2-4H3,(H2,20,23);5-8,18H,1-4H3,(H2,17,19);5-6H2,1-4H3;8H,1,5-6H2,2-4H3. The lowest BCUT2D eigenvalue weighted by atomic mass is 9.76. The molecule has 0 bridgehead atoms. The van der Waals surface area contributed by atoms with Crippen molar-refractivity contribution in [3.63, 3.8) is 0 Å². The van der Waals surface area contributed by atoms with Crippen molar-refractivity contribution >= 4 is 119 Å². The van der Waals surface area contributed by atoms with Crippen molar-refractivity contribution in [2.45, 2.75) is 169 Å². The Balaban J connectivity index is 0.000000196. The van der Waals surface area contributed by atoms with Gasteiger partial charge in [0, 0.05) is 80.1 Å². The van der Waals surface area contributed by atoms with E-state index in [-0.39, 0.29) is 55.6 Å². The van der Waals surface area contributed by atoms with Gasteiger partial charge in [0.25, 0.3) is 17.7 Å². The number of alkyl halides is 6. The van der Waals surface area contributed by atoms with E-state index in [9.17, 15) is 76.7 Å². The summed E-state index contributed by atoms with van der Waals surface area (Å²) in [6, 6.07) is 16.5. The molecule has 0 spiro atoms. The van der Waals surface area contributed by atoms with Crippen LogP contribution in [0.4, 0.5) is 45.5 Å². The SMILES string of the molecule is C=C(OS(=O)(=O)C(F)(F)F)C1CN(C(=O)OC(C)(C)C)C1.C=C(c1ccc(C(N)=O)c2[nH]ccc12)C1CN(C(=O)OC(C)(C)C)C1.CC(=C1CN(C(=O)OC(C)(C)C)C1)c1ccc(C(N)=O)c2[nH]ccc12.CC(OS(=O)(=O)C(F)(F)F)=C1CN(C(=O)OC(C)(C)C)C1.CC1(C)OB(c2ccc(C(N)=O)c3[nH]ccc23)OC1(C)C. The van der Waals surface area contributed by atoms with E-state index in [4.69, 9.17) is 45.5 Å². The molecule has 5 fully saturated rings. The van der Waals surface area contributed by atoms with E-state index in [0.29, 0.717) is 42.9 Å². The molecule has 5 saturated heterocycles. The molecule has 6 aromatic rings. The number of carbonyl (C=O) groups is 7. The Morgan fingerprint density at radius 3 is 1.14 bits per heavy atom. The van der Waals surface area contributed by atoms with Crippen molar-refractivity contribution in [2.24, 2.45) is 29.0 Å². The zero-order valence-electron chi connectivity index (χ0n) is 66.1. The number of aromatic amines is 3. The van der Waals surface area contributed by atoms with Crippen molar-refractivity contribution in [3.8, 4) is 0 Å². The molecular weight excluding hydrogens is 1530 g/mol. The molecular formula is C75H97BF6N10O19S2. The van der Waals surface area contributed by atoms with Crippen molar-refractivity contribution in [2.75, 3.05) is 52.4 Å². The molecule has 0 atom stereocenters. The predicted molar refractivity (Wildman–Crippen MR) is 410 cm³/mol. The van der Waals surface area contributed by atoms with Gasteiger partial charge in [-0.2, -0.15) is 43.2 Å². The van der Waals surface area contributed by atoms with Crippen LogP contribution in [0.5, 0.6) is 0 Å². The van der Waals surface area contributed by atoms with Gasteiger partial charge in [-0.05, 0) is 200 Å². The van der Waals surface area contributed by atoms with E-state index >= 15 is 0 Å². The second kappa shape index (κ2) is 33.1. The van der Waals surface area contributed by atoms with E-state index < -0.39 is 114 Å². The van der Waals surface area contributed by atoms with Crippen LogP contribution in [0.15, 0.2) is 109 Å². The number of hydrogen-bond acceptors (Lipinski definition) is 19. The number of nitrogens with one attached hydrogen (secondary N) is 3. The minimum absolute atomic E-state index is 0.0128. The lowest BCUT2D eigenvalue weighted by Gasteiger charge is -2.41. The highest BCUT2D eigenvalue weighted by Gasteiger charge is 2.53. The molecule has 5 aliphatic rings. The summed E-state index contributed by atoms with van der Waals surface area (Å²) >= 11 is 0. The fraction of sp³-hybridized carbons (Fsp3) is 0.480. The highest BCUT2D eigenvalue weighted by Crippen LogP contribution is 2.40. The van der Waals surface area contributed by atoms with Crippen molar-refractivity contribution < 1.29 is 113 Å². The largest absolute Gasteiger partial charge is 0.534 e. The van der Waals surface area contributed by atoms with Crippen molar-refractivity contribution in [1.29, 1.82) is 0 Å². The number of aromatic nitrogens is 3. The first-order valence-corrected chi connectivity index (χ1v) is 38.1. The average molecular weight is 1630 g/mol. The van der Waals surface area contributed by atoms with Crippen molar-refractivity contribution in [1.82, 2.24) is 34.6 Å². The fourth-order valence-electron chi connectivity index (χ4n) is 11.4. The Labute approximate surface area is 651 Å². The van der Waals surface area contributed by atoms with Crippen LogP contribution in [-0.2, 0) is 56.9 Å². The summed E-state index contributed by atoms with van der Waals surface area (Å²) in [5, 5.41) is 2.76. The molecule has 3 aromatic carbocycles. The smallest absolute Gasteiger partial charge is 0.444 e. The number of carbonyl (C=O) groups excluding carboxylic acids is 7. The van der Waals surface area contributed by atoms with E-state index in [2.05, 4.69) is 36.5 Å². The third-order valence-corrected chi connectivity index (χ3v) is 20.2. The molecule has 0 saturated carbocycles. The van der Waals surface area contributed by atoms with Gasteiger partial charge in [0.15, 0.2) is 0 Å². The Morgan fingerprint density at radius 2 is 0.770 bits per heavy atom. The number of H-pyrrole nitrogens is 3. The topological polar surface area (TPSA) is 400 Å². The lowest BCUT2D eigenvalue weighted by molar-refractivity contribution is -0.0539. The summed E-state index contributed by atoms with van der Waals surface area (Å²) in [5.41, 5.74) is 12.1. The van der Waals surface area contributed by atoms with Gasteiger partial charge >= 0.3 is 62.7 Å². The van der Waals surface area contributed by atoms with Gasteiger partial charge < -0.3 is 83.5 Å². The second-order valence-electron chi connectivity index (χ2n) is 32.2. The molecule has 5 aliphatic heterocycles. The minimum atomic E-state index is -5.72. The van der Waals surface area contributed by atoms with Crippen LogP contribution in [0.1, 0.15) is 167 Å². The first-order chi connectivity index (χ1) is 51.5. The molecule has 11 rings (SSSR count). The molecule has 0 unspecified atom stereocenters. The maximum atomic E-state index is 12.1. The van der Waals surface area contributed by atoms with Crippen LogP contribution in [0.2, 0.25) is 0 Å². The summed E-state index contributed by atoms with van der Waals surface area (Å²) in [5.74, 6) is -2.82. The fourth-order valence-corrected chi connectivity index (χ4v) is 12.4. The highest BCUT2D eigenvalue weighted by atomic mass is 32.2. The van der Waals surface area contributed by atoms with E-state index in [0.717, 1.165) is 67.4 Å². The first kappa shape index (κ1) is 90.0. The minimum Gasteiger partial charge on any atom is -0.444 e. The van der Waals surface area contributed by atoms with Crippen LogP contribution in [0.3, 0.4) is 0 Å². The van der Waals surface area contributed by atoms with E-state index in [1.165, 1.54) is 15.4 Å². The van der Waals surface area contributed by atoms with E-state index in [1.54, 1.807) is 88.1 Å². The molecule has 8 heterocycles. The molecule has 113 heavy (non-hydrogen) atoms. The molecule has 9 N–H and O–H groups in total. The number of nitrogens with zero attached hydrogens (tertiary/aromatic N) is 4. The Morgan fingerprint density at radius 1 is 0.460 bits per heavy atom. The summed E-state index contributed by atoms with van der Waals surface area (Å²) in [4.78, 5) is 96.9. The number of ether oxygens (including phenoxy) is 4. The molecule has 3 aromatic heterocycles. The summed E-state index contributed by atoms with van der Waals surface area (Å²) in [6.07, 6.45) is 3.51. The number of allylic oxidation sites excluding steroid dienone is 2. The number of hydrogen-bond donors (Lipinski definition) is 6. The van der Waals surface area contributed by atoms with Crippen LogP contribution in [-0.4, -0.2) is 198 Å². The maximum Gasteiger partial charge on any atom is 0.534 e. The number of benzene rings is 3. The lowest BCUT2D eigenvalue weighted by Crippen LogP contribution is -2.52. The second-order valence-corrected chi connectivity index (χ2v) is 35.3. The third-order valence-electron chi connectivity index (χ3n) is 18.1. The summed E-state index contributed by atoms with van der Waals surface area (Å²) < 4.78 is 157. The zero-order valence-corrected chi connectivity index (χ0v) is 67.7. The van der Waals surface area contributed by atoms with Crippen LogP contribution >= 0.6 is 0 Å². The van der Waals surface area contributed by atoms with Gasteiger partial charge in [0.1, 0.15) is 33.9 Å². The number of rotatable bonds is 12.